The van der Waals surface area contributed by atoms with Crippen molar-refractivity contribution in [3.05, 3.63) is 12.7 Å². The van der Waals surface area contributed by atoms with E-state index >= 15 is 0 Å². The van der Waals surface area contributed by atoms with Crippen LogP contribution in [0.25, 0.3) is 0 Å². The highest BCUT2D eigenvalue weighted by atomic mass is 16.2. The van der Waals surface area contributed by atoms with Gasteiger partial charge in [0.1, 0.15) is 0 Å². The molecule has 0 bridgehead atoms. The molecule has 0 aromatic rings. The number of nitrogens with zero attached hydrogens (tertiary/aromatic N) is 1. The lowest BCUT2D eigenvalue weighted by Gasteiger charge is -2.28. The molecular formula is C13H23NO. The Kier molecular flexibility index (Phi) is 4.86. The van der Waals surface area contributed by atoms with Crippen molar-refractivity contribution in [1.29, 1.82) is 0 Å². The van der Waals surface area contributed by atoms with Crippen molar-refractivity contribution in [2.45, 2.75) is 52.0 Å². The van der Waals surface area contributed by atoms with E-state index in [-0.39, 0.29) is 5.91 Å². The molecule has 0 aromatic carbocycles. The average Bonchev–Trinajstić information content (AvgIpc) is 2.70. The Morgan fingerprint density at radius 3 is 2.53 bits per heavy atom. The molecule has 1 saturated carbocycles. The standard InChI is InChI=1S/C13H23NO/c1-4-13(15)14(10-9-11(2)3)12-7-5-6-8-12/h4,11-12H,1,5-10H2,2-3H3. The summed E-state index contributed by atoms with van der Waals surface area (Å²) in [7, 11) is 0. The van der Waals surface area contributed by atoms with E-state index in [1.807, 2.05) is 4.90 Å². The molecule has 1 amide bonds. The fourth-order valence-corrected chi connectivity index (χ4v) is 2.20. The predicted octanol–water partition coefficient (Wildman–Crippen LogP) is 2.99. The lowest BCUT2D eigenvalue weighted by Crippen LogP contribution is -2.38. The number of hydrogen-bond donors (Lipinski definition) is 0. The van der Waals surface area contributed by atoms with Gasteiger partial charge in [0, 0.05) is 12.6 Å². The van der Waals surface area contributed by atoms with Crippen LogP contribution in [0.1, 0.15) is 46.0 Å². The minimum atomic E-state index is 0.113. The Labute approximate surface area is 93.3 Å². The second-order valence-corrected chi connectivity index (χ2v) is 4.86. The van der Waals surface area contributed by atoms with Crippen LogP contribution >= 0.6 is 0 Å². The summed E-state index contributed by atoms with van der Waals surface area (Å²) in [5, 5.41) is 0. The van der Waals surface area contributed by atoms with Crippen LogP contribution in [0.4, 0.5) is 0 Å². The smallest absolute Gasteiger partial charge is 0.246 e. The van der Waals surface area contributed by atoms with E-state index in [4.69, 9.17) is 0 Å². The lowest BCUT2D eigenvalue weighted by atomic mass is 10.1. The van der Waals surface area contributed by atoms with Gasteiger partial charge in [0.15, 0.2) is 0 Å². The average molecular weight is 209 g/mol. The maximum atomic E-state index is 11.7. The molecular weight excluding hydrogens is 186 g/mol. The molecule has 0 unspecified atom stereocenters. The fraction of sp³-hybridized carbons (Fsp3) is 0.769. The minimum absolute atomic E-state index is 0.113. The van der Waals surface area contributed by atoms with Gasteiger partial charge < -0.3 is 4.90 Å². The zero-order chi connectivity index (χ0) is 11.3. The number of carbonyl (C=O) groups is 1. The Morgan fingerprint density at radius 2 is 2.07 bits per heavy atom. The molecule has 0 aliphatic heterocycles. The van der Waals surface area contributed by atoms with E-state index in [0.29, 0.717) is 12.0 Å². The number of carbonyl (C=O) groups excluding carboxylic acids is 1. The van der Waals surface area contributed by atoms with E-state index in [0.717, 1.165) is 13.0 Å². The number of hydrogen-bond acceptors (Lipinski definition) is 1. The zero-order valence-corrected chi connectivity index (χ0v) is 10.0. The predicted molar refractivity (Wildman–Crippen MR) is 63.6 cm³/mol. The molecule has 2 nitrogen and oxygen atoms in total. The maximum Gasteiger partial charge on any atom is 0.246 e. The molecule has 1 fully saturated rings. The summed E-state index contributed by atoms with van der Waals surface area (Å²) >= 11 is 0. The highest BCUT2D eigenvalue weighted by Crippen LogP contribution is 2.24. The van der Waals surface area contributed by atoms with Gasteiger partial charge in [-0.1, -0.05) is 33.3 Å². The maximum absolute atomic E-state index is 11.7. The third-order valence-electron chi connectivity index (χ3n) is 3.17. The molecule has 0 radical (unpaired) electrons. The van der Waals surface area contributed by atoms with E-state index in [9.17, 15) is 4.79 Å². The molecule has 2 heteroatoms. The molecule has 0 atom stereocenters. The molecule has 15 heavy (non-hydrogen) atoms. The fourth-order valence-electron chi connectivity index (χ4n) is 2.20. The molecule has 0 saturated heterocycles. The van der Waals surface area contributed by atoms with Gasteiger partial charge in [0.05, 0.1) is 0 Å². The second-order valence-electron chi connectivity index (χ2n) is 4.86. The van der Waals surface area contributed by atoms with Gasteiger partial charge >= 0.3 is 0 Å². The molecule has 1 aliphatic rings. The van der Waals surface area contributed by atoms with Crippen molar-refractivity contribution in [3.8, 4) is 0 Å². The summed E-state index contributed by atoms with van der Waals surface area (Å²) in [5.41, 5.74) is 0. The van der Waals surface area contributed by atoms with E-state index in [1.165, 1.54) is 31.8 Å². The van der Waals surface area contributed by atoms with Crippen LogP contribution in [0.5, 0.6) is 0 Å². The number of rotatable bonds is 5. The van der Waals surface area contributed by atoms with Crippen molar-refractivity contribution >= 4 is 5.91 Å². The Morgan fingerprint density at radius 1 is 1.47 bits per heavy atom. The first-order valence-electron chi connectivity index (χ1n) is 6.08. The van der Waals surface area contributed by atoms with E-state index in [1.54, 1.807) is 0 Å². The van der Waals surface area contributed by atoms with Gasteiger partial charge in [0.25, 0.3) is 0 Å². The van der Waals surface area contributed by atoms with E-state index < -0.39 is 0 Å². The van der Waals surface area contributed by atoms with Crippen molar-refractivity contribution in [2.24, 2.45) is 5.92 Å². The third kappa shape index (κ3) is 3.69. The Balaban J connectivity index is 2.51. The summed E-state index contributed by atoms with van der Waals surface area (Å²) < 4.78 is 0. The number of amides is 1. The normalized spacial score (nSPS) is 17.0. The van der Waals surface area contributed by atoms with Gasteiger partial charge in [0.2, 0.25) is 5.91 Å². The molecule has 1 rings (SSSR count). The van der Waals surface area contributed by atoms with Crippen LogP contribution in [0.15, 0.2) is 12.7 Å². The van der Waals surface area contributed by atoms with Crippen molar-refractivity contribution in [1.82, 2.24) is 4.90 Å². The van der Waals surface area contributed by atoms with Crippen LogP contribution < -0.4 is 0 Å². The van der Waals surface area contributed by atoms with Crippen LogP contribution in [0.3, 0.4) is 0 Å². The molecule has 0 spiro atoms. The first kappa shape index (κ1) is 12.3. The Bertz CT molecular complexity index is 217. The van der Waals surface area contributed by atoms with Gasteiger partial charge in [-0.25, -0.2) is 0 Å². The van der Waals surface area contributed by atoms with Crippen LogP contribution in [-0.4, -0.2) is 23.4 Å². The van der Waals surface area contributed by atoms with Crippen molar-refractivity contribution < 1.29 is 4.79 Å². The summed E-state index contributed by atoms with van der Waals surface area (Å²) in [6.07, 6.45) is 7.45. The highest BCUT2D eigenvalue weighted by Gasteiger charge is 2.24. The van der Waals surface area contributed by atoms with Gasteiger partial charge in [-0.15, -0.1) is 0 Å². The molecule has 0 N–H and O–H groups in total. The first-order valence-corrected chi connectivity index (χ1v) is 6.08. The summed E-state index contributed by atoms with van der Waals surface area (Å²) in [5.74, 6) is 0.772. The zero-order valence-electron chi connectivity index (χ0n) is 10.0. The van der Waals surface area contributed by atoms with Crippen LogP contribution in [-0.2, 0) is 4.79 Å². The topological polar surface area (TPSA) is 20.3 Å². The van der Waals surface area contributed by atoms with Crippen molar-refractivity contribution in [2.75, 3.05) is 6.54 Å². The van der Waals surface area contributed by atoms with E-state index in [2.05, 4.69) is 20.4 Å². The largest absolute Gasteiger partial charge is 0.336 e. The monoisotopic (exact) mass is 209 g/mol. The van der Waals surface area contributed by atoms with Crippen LogP contribution in [0.2, 0.25) is 0 Å². The molecule has 1 aliphatic carbocycles. The summed E-state index contributed by atoms with van der Waals surface area (Å²) in [6.45, 7) is 8.88. The molecule has 86 valence electrons. The first-order chi connectivity index (χ1) is 7.15. The SMILES string of the molecule is C=CC(=O)N(CCC(C)C)C1CCCC1. The lowest BCUT2D eigenvalue weighted by molar-refractivity contribution is -0.128. The summed E-state index contributed by atoms with van der Waals surface area (Å²) in [4.78, 5) is 13.7. The summed E-state index contributed by atoms with van der Waals surface area (Å²) in [6, 6.07) is 0.481. The van der Waals surface area contributed by atoms with Gasteiger partial charge in [-0.05, 0) is 31.3 Å². The minimum Gasteiger partial charge on any atom is -0.336 e. The Hall–Kier alpha value is -0.790. The molecule has 0 heterocycles. The second kappa shape index (κ2) is 5.94. The van der Waals surface area contributed by atoms with Gasteiger partial charge in [-0.2, -0.15) is 0 Å². The van der Waals surface area contributed by atoms with Crippen molar-refractivity contribution in [3.63, 3.8) is 0 Å². The third-order valence-corrected chi connectivity index (χ3v) is 3.17. The van der Waals surface area contributed by atoms with Gasteiger partial charge in [-0.3, -0.25) is 4.79 Å². The molecule has 0 aromatic heterocycles. The van der Waals surface area contributed by atoms with Crippen LogP contribution in [0, 0.1) is 5.92 Å². The quantitative estimate of drug-likeness (QED) is 0.637. The highest BCUT2D eigenvalue weighted by molar-refractivity contribution is 5.87.